The Balaban J connectivity index is 2.35. The van der Waals surface area contributed by atoms with Crippen LogP contribution in [0.4, 0.5) is 5.69 Å². The van der Waals surface area contributed by atoms with Crippen LogP contribution in [-0.2, 0) is 11.4 Å². The molecule has 0 bridgehead atoms. The van der Waals surface area contributed by atoms with Gasteiger partial charge in [-0.25, -0.2) is 0 Å². The second kappa shape index (κ2) is 5.16. The number of nitrogens with one attached hydrogen (secondary N) is 1. The summed E-state index contributed by atoms with van der Waals surface area (Å²) in [5, 5.41) is 11.5. The van der Waals surface area contributed by atoms with E-state index in [1.54, 1.807) is 24.3 Å². The molecule has 4 nitrogen and oxygen atoms in total. The van der Waals surface area contributed by atoms with E-state index in [0.717, 1.165) is 10.0 Å². The Morgan fingerprint density at radius 1 is 1.35 bits per heavy atom. The number of anilines is 1. The fourth-order valence-corrected chi connectivity index (χ4v) is 2.05. The number of aliphatic hydroxyl groups is 1. The molecule has 0 spiro atoms. The van der Waals surface area contributed by atoms with E-state index in [1.807, 2.05) is 6.07 Å². The van der Waals surface area contributed by atoms with Gasteiger partial charge in [0.1, 0.15) is 18.1 Å². The molecule has 88 valence electrons. The molecule has 1 aromatic heterocycles. The standard InChI is InChI=1S/C12H10BrNO3/c13-11-5-8(14-7-16)1-3-10(11)12-4-2-9(6-15)17-12/h1-5,7,15H,6H2,(H,14,16). The molecule has 0 atom stereocenters. The average Bonchev–Trinajstić information content (AvgIpc) is 2.78. The van der Waals surface area contributed by atoms with Crippen LogP contribution in [0.3, 0.4) is 0 Å². The molecule has 0 aliphatic heterocycles. The van der Waals surface area contributed by atoms with Gasteiger partial charge in [0.15, 0.2) is 0 Å². The number of carbonyl (C=O) groups is 1. The smallest absolute Gasteiger partial charge is 0.211 e. The Morgan fingerprint density at radius 3 is 2.76 bits per heavy atom. The molecule has 17 heavy (non-hydrogen) atoms. The van der Waals surface area contributed by atoms with Gasteiger partial charge in [-0.2, -0.15) is 0 Å². The van der Waals surface area contributed by atoms with Crippen LogP contribution in [-0.4, -0.2) is 11.5 Å². The van der Waals surface area contributed by atoms with Crippen molar-refractivity contribution in [2.75, 3.05) is 5.32 Å². The third-order valence-corrected chi connectivity index (χ3v) is 2.93. The van der Waals surface area contributed by atoms with Crippen LogP contribution in [0.15, 0.2) is 39.2 Å². The zero-order chi connectivity index (χ0) is 12.3. The lowest BCUT2D eigenvalue weighted by Crippen LogP contribution is -1.93. The number of carbonyl (C=O) groups excluding carboxylic acids is 1. The first-order valence-corrected chi connectivity index (χ1v) is 5.73. The molecule has 1 amide bonds. The van der Waals surface area contributed by atoms with E-state index < -0.39 is 0 Å². The number of hydrogen-bond donors (Lipinski definition) is 2. The van der Waals surface area contributed by atoms with Crippen LogP contribution in [0.2, 0.25) is 0 Å². The van der Waals surface area contributed by atoms with Crippen molar-refractivity contribution in [3.63, 3.8) is 0 Å². The van der Waals surface area contributed by atoms with Crippen LogP contribution in [0, 0.1) is 0 Å². The van der Waals surface area contributed by atoms with Gasteiger partial charge in [0.05, 0.1) is 0 Å². The van der Waals surface area contributed by atoms with Gasteiger partial charge in [0.25, 0.3) is 0 Å². The molecule has 0 saturated heterocycles. The predicted molar refractivity (Wildman–Crippen MR) is 67.5 cm³/mol. The van der Waals surface area contributed by atoms with Gasteiger partial charge in [0, 0.05) is 15.7 Å². The lowest BCUT2D eigenvalue weighted by Gasteiger charge is -2.04. The normalized spacial score (nSPS) is 10.2. The summed E-state index contributed by atoms with van der Waals surface area (Å²) in [7, 11) is 0. The summed E-state index contributed by atoms with van der Waals surface area (Å²) in [6.45, 7) is -0.123. The van der Waals surface area contributed by atoms with E-state index >= 15 is 0 Å². The molecular formula is C12H10BrNO3. The molecule has 2 aromatic rings. The number of hydrogen-bond acceptors (Lipinski definition) is 3. The number of amides is 1. The van der Waals surface area contributed by atoms with Crippen molar-refractivity contribution >= 4 is 28.0 Å². The van der Waals surface area contributed by atoms with Gasteiger partial charge in [-0.15, -0.1) is 0 Å². The van der Waals surface area contributed by atoms with Gasteiger partial charge in [-0.05, 0) is 46.3 Å². The zero-order valence-electron chi connectivity index (χ0n) is 8.81. The molecule has 1 heterocycles. The van der Waals surface area contributed by atoms with Gasteiger partial charge < -0.3 is 14.8 Å². The Labute approximate surface area is 106 Å². The molecule has 0 fully saturated rings. The summed E-state index contributed by atoms with van der Waals surface area (Å²) in [6.07, 6.45) is 0.623. The maximum Gasteiger partial charge on any atom is 0.211 e. The first kappa shape index (κ1) is 11.9. The van der Waals surface area contributed by atoms with Crippen molar-refractivity contribution in [2.45, 2.75) is 6.61 Å². The summed E-state index contributed by atoms with van der Waals surface area (Å²) < 4.78 is 6.24. The van der Waals surface area contributed by atoms with E-state index in [1.165, 1.54) is 0 Å². The van der Waals surface area contributed by atoms with Gasteiger partial charge in [-0.1, -0.05) is 0 Å². The summed E-state index contributed by atoms with van der Waals surface area (Å²) in [5.41, 5.74) is 1.56. The molecule has 0 radical (unpaired) electrons. The minimum absolute atomic E-state index is 0.123. The highest BCUT2D eigenvalue weighted by molar-refractivity contribution is 9.10. The minimum atomic E-state index is -0.123. The third-order valence-electron chi connectivity index (χ3n) is 2.28. The van der Waals surface area contributed by atoms with E-state index in [-0.39, 0.29) is 6.61 Å². The van der Waals surface area contributed by atoms with Gasteiger partial charge >= 0.3 is 0 Å². The first-order valence-electron chi connectivity index (χ1n) is 4.94. The molecule has 0 aliphatic rings. The first-order chi connectivity index (χ1) is 8.24. The molecular weight excluding hydrogens is 286 g/mol. The maximum atomic E-state index is 10.3. The van der Waals surface area contributed by atoms with Crippen LogP contribution in [0.25, 0.3) is 11.3 Å². The van der Waals surface area contributed by atoms with E-state index in [2.05, 4.69) is 21.2 Å². The van der Waals surface area contributed by atoms with Crippen LogP contribution < -0.4 is 5.32 Å². The number of aliphatic hydroxyl groups excluding tert-OH is 1. The Kier molecular flexibility index (Phi) is 3.61. The Morgan fingerprint density at radius 2 is 2.18 bits per heavy atom. The predicted octanol–water partition coefficient (Wildman–Crippen LogP) is 2.77. The number of halogens is 1. The van der Waals surface area contributed by atoms with Crippen LogP contribution in [0.5, 0.6) is 0 Å². The molecule has 2 rings (SSSR count). The lowest BCUT2D eigenvalue weighted by molar-refractivity contribution is -0.105. The largest absolute Gasteiger partial charge is 0.459 e. The molecule has 5 heteroatoms. The lowest BCUT2D eigenvalue weighted by atomic mass is 10.1. The summed E-state index contributed by atoms with van der Waals surface area (Å²) in [4.78, 5) is 10.3. The van der Waals surface area contributed by atoms with E-state index in [4.69, 9.17) is 9.52 Å². The fourth-order valence-electron chi connectivity index (χ4n) is 1.48. The number of rotatable bonds is 4. The quantitative estimate of drug-likeness (QED) is 0.853. The van der Waals surface area contributed by atoms with Crippen molar-refractivity contribution in [2.24, 2.45) is 0 Å². The third kappa shape index (κ3) is 2.57. The highest BCUT2D eigenvalue weighted by atomic mass is 79.9. The van der Waals surface area contributed by atoms with Crippen molar-refractivity contribution in [3.05, 3.63) is 40.6 Å². The van der Waals surface area contributed by atoms with Crippen molar-refractivity contribution in [1.29, 1.82) is 0 Å². The summed E-state index contributed by atoms with van der Waals surface area (Å²) in [6, 6.07) is 8.90. The monoisotopic (exact) mass is 295 g/mol. The highest BCUT2D eigenvalue weighted by Gasteiger charge is 2.08. The molecule has 0 saturated carbocycles. The Hall–Kier alpha value is -1.59. The molecule has 2 N–H and O–H groups in total. The van der Waals surface area contributed by atoms with Crippen molar-refractivity contribution in [3.8, 4) is 11.3 Å². The molecule has 0 aliphatic carbocycles. The van der Waals surface area contributed by atoms with Crippen LogP contribution in [0.1, 0.15) is 5.76 Å². The van der Waals surface area contributed by atoms with Crippen molar-refractivity contribution < 1.29 is 14.3 Å². The topological polar surface area (TPSA) is 62.5 Å². The second-order valence-electron chi connectivity index (χ2n) is 3.38. The fraction of sp³-hybridized carbons (Fsp3) is 0.0833. The highest BCUT2D eigenvalue weighted by Crippen LogP contribution is 2.31. The summed E-state index contributed by atoms with van der Waals surface area (Å²) in [5.74, 6) is 1.18. The zero-order valence-corrected chi connectivity index (χ0v) is 10.4. The average molecular weight is 296 g/mol. The van der Waals surface area contributed by atoms with Crippen molar-refractivity contribution in [1.82, 2.24) is 0 Å². The van der Waals surface area contributed by atoms with E-state index in [9.17, 15) is 4.79 Å². The van der Waals surface area contributed by atoms with Gasteiger partial charge in [0.2, 0.25) is 6.41 Å². The van der Waals surface area contributed by atoms with E-state index in [0.29, 0.717) is 23.6 Å². The van der Waals surface area contributed by atoms with Crippen LogP contribution >= 0.6 is 15.9 Å². The second-order valence-corrected chi connectivity index (χ2v) is 4.24. The maximum absolute atomic E-state index is 10.3. The van der Waals surface area contributed by atoms with Gasteiger partial charge in [-0.3, -0.25) is 4.79 Å². The SMILES string of the molecule is O=CNc1ccc(-c2ccc(CO)o2)c(Br)c1. The molecule has 0 unspecified atom stereocenters. The summed E-state index contributed by atoms with van der Waals surface area (Å²) >= 11 is 3.41. The number of furan rings is 1. The molecule has 1 aromatic carbocycles. The minimum Gasteiger partial charge on any atom is -0.459 e. The number of benzene rings is 1. The Bertz CT molecular complexity index is 536.